The Balaban J connectivity index is 1.96. The van der Waals surface area contributed by atoms with Crippen LogP contribution in [0.1, 0.15) is 26.2 Å². The molecule has 1 aliphatic heterocycles. The topological polar surface area (TPSA) is 57.7 Å². The Morgan fingerprint density at radius 1 is 1.40 bits per heavy atom. The second-order valence-corrected chi connectivity index (χ2v) is 4.14. The summed E-state index contributed by atoms with van der Waals surface area (Å²) in [7, 11) is 0. The summed E-state index contributed by atoms with van der Waals surface area (Å²) in [5.74, 6) is -0.173. The normalized spacial score (nSPS) is 21.4. The number of imide groups is 1. The first-order valence-corrected chi connectivity index (χ1v) is 5.20. The van der Waals surface area contributed by atoms with Crippen molar-refractivity contribution < 1.29 is 14.4 Å². The summed E-state index contributed by atoms with van der Waals surface area (Å²) in [6.07, 6.45) is 2.26. The van der Waals surface area contributed by atoms with Gasteiger partial charge in [0.05, 0.1) is 0 Å². The molecule has 2 fully saturated rings. The van der Waals surface area contributed by atoms with Crippen LogP contribution in [-0.2, 0) is 9.59 Å². The van der Waals surface area contributed by atoms with Crippen LogP contribution in [0.3, 0.4) is 0 Å². The van der Waals surface area contributed by atoms with E-state index in [4.69, 9.17) is 0 Å². The van der Waals surface area contributed by atoms with Crippen LogP contribution in [0.2, 0.25) is 0 Å². The van der Waals surface area contributed by atoms with E-state index in [0.717, 1.165) is 12.8 Å². The van der Waals surface area contributed by atoms with Gasteiger partial charge in [-0.3, -0.25) is 14.5 Å². The van der Waals surface area contributed by atoms with Gasteiger partial charge >= 0.3 is 6.03 Å². The van der Waals surface area contributed by atoms with E-state index in [1.54, 1.807) is 4.90 Å². The summed E-state index contributed by atoms with van der Waals surface area (Å²) in [4.78, 5) is 36.8. The van der Waals surface area contributed by atoms with Gasteiger partial charge in [0.1, 0.15) is 12.3 Å². The van der Waals surface area contributed by atoms with Gasteiger partial charge in [0, 0.05) is 19.0 Å². The van der Waals surface area contributed by atoms with Crippen molar-refractivity contribution in [1.29, 1.82) is 0 Å². The summed E-state index contributed by atoms with van der Waals surface area (Å²) in [5, 5.41) is 0. The lowest BCUT2D eigenvalue weighted by Gasteiger charge is -2.15. The van der Waals surface area contributed by atoms with Crippen molar-refractivity contribution in [1.82, 2.24) is 9.80 Å². The van der Waals surface area contributed by atoms with Crippen LogP contribution in [0.15, 0.2) is 0 Å². The zero-order valence-corrected chi connectivity index (χ0v) is 8.73. The van der Waals surface area contributed by atoms with Gasteiger partial charge in [-0.05, 0) is 19.8 Å². The Labute approximate surface area is 88.0 Å². The number of ketones is 1. The number of hydrogen-bond donors (Lipinski definition) is 0. The fourth-order valence-electron chi connectivity index (χ4n) is 1.72. The van der Waals surface area contributed by atoms with E-state index in [-0.39, 0.29) is 43.3 Å². The minimum absolute atomic E-state index is 0.000437. The van der Waals surface area contributed by atoms with E-state index in [1.807, 2.05) is 0 Å². The first kappa shape index (κ1) is 10.1. The molecule has 0 radical (unpaired) electrons. The Morgan fingerprint density at radius 2 is 2.07 bits per heavy atom. The monoisotopic (exact) mass is 210 g/mol. The molecule has 2 rings (SSSR count). The molecule has 1 aliphatic carbocycles. The van der Waals surface area contributed by atoms with Crippen LogP contribution in [0.4, 0.5) is 4.79 Å². The third kappa shape index (κ3) is 2.00. The van der Waals surface area contributed by atoms with E-state index in [0.29, 0.717) is 0 Å². The number of rotatable bonds is 4. The standard InChI is InChI=1S/C10H14N2O3/c1-7(13)4-5-11-9(14)6-12(10(11)15)8-2-3-8/h8H,2-6H2,1H3. The first-order chi connectivity index (χ1) is 7.09. The smallest absolute Gasteiger partial charge is 0.312 e. The van der Waals surface area contributed by atoms with Gasteiger partial charge in [-0.15, -0.1) is 0 Å². The maximum Gasteiger partial charge on any atom is 0.327 e. The van der Waals surface area contributed by atoms with E-state index in [1.165, 1.54) is 11.8 Å². The fourth-order valence-corrected chi connectivity index (χ4v) is 1.72. The summed E-state index contributed by atoms with van der Waals surface area (Å²) >= 11 is 0. The predicted octanol–water partition coefficient (Wildman–Crippen LogP) is 0.392. The van der Waals surface area contributed by atoms with Gasteiger partial charge in [0.2, 0.25) is 5.91 Å². The zero-order chi connectivity index (χ0) is 11.0. The SMILES string of the molecule is CC(=O)CCN1C(=O)CN(C2CC2)C1=O. The number of carbonyl (C=O) groups is 3. The largest absolute Gasteiger partial charge is 0.327 e. The quantitative estimate of drug-likeness (QED) is 0.631. The van der Waals surface area contributed by atoms with Gasteiger partial charge in [-0.25, -0.2) is 4.79 Å². The van der Waals surface area contributed by atoms with E-state index in [2.05, 4.69) is 0 Å². The van der Waals surface area contributed by atoms with Gasteiger partial charge in [0.15, 0.2) is 0 Å². The second-order valence-electron chi connectivity index (χ2n) is 4.14. The average molecular weight is 210 g/mol. The fraction of sp³-hybridized carbons (Fsp3) is 0.700. The first-order valence-electron chi connectivity index (χ1n) is 5.20. The maximum atomic E-state index is 11.7. The molecule has 5 heteroatoms. The molecule has 3 amide bonds. The highest BCUT2D eigenvalue weighted by Crippen LogP contribution is 2.30. The van der Waals surface area contributed by atoms with Crippen LogP contribution >= 0.6 is 0 Å². The average Bonchev–Trinajstić information content (AvgIpc) is 2.93. The molecule has 0 N–H and O–H groups in total. The van der Waals surface area contributed by atoms with Gasteiger partial charge < -0.3 is 4.90 Å². The molecule has 0 aromatic carbocycles. The van der Waals surface area contributed by atoms with Crippen molar-refractivity contribution >= 4 is 17.7 Å². The molecular formula is C10H14N2O3. The predicted molar refractivity (Wildman–Crippen MR) is 52.1 cm³/mol. The molecular weight excluding hydrogens is 196 g/mol. The molecule has 2 aliphatic rings. The second kappa shape index (κ2) is 3.64. The van der Waals surface area contributed by atoms with Crippen molar-refractivity contribution in [2.75, 3.05) is 13.1 Å². The van der Waals surface area contributed by atoms with Crippen LogP contribution in [0.25, 0.3) is 0 Å². The Morgan fingerprint density at radius 3 is 2.60 bits per heavy atom. The highest BCUT2D eigenvalue weighted by molar-refractivity contribution is 6.02. The molecule has 82 valence electrons. The third-order valence-electron chi connectivity index (χ3n) is 2.76. The molecule has 0 atom stereocenters. The number of hydrogen-bond acceptors (Lipinski definition) is 3. The number of urea groups is 1. The lowest BCUT2D eigenvalue weighted by molar-refractivity contribution is -0.125. The highest BCUT2D eigenvalue weighted by atomic mass is 16.2. The molecule has 0 aromatic heterocycles. The summed E-state index contributed by atoms with van der Waals surface area (Å²) in [6, 6.07) is 0.0486. The summed E-state index contributed by atoms with van der Waals surface area (Å²) in [5.41, 5.74) is 0. The number of carbonyl (C=O) groups excluding carboxylic acids is 3. The molecule has 1 saturated carbocycles. The summed E-state index contributed by atoms with van der Waals surface area (Å²) < 4.78 is 0. The zero-order valence-electron chi connectivity index (χ0n) is 8.73. The van der Waals surface area contributed by atoms with Crippen LogP contribution in [-0.4, -0.2) is 46.7 Å². The highest BCUT2D eigenvalue weighted by Gasteiger charge is 2.43. The van der Waals surface area contributed by atoms with E-state index in [9.17, 15) is 14.4 Å². The van der Waals surface area contributed by atoms with Crippen LogP contribution in [0.5, 0.6) is 0 Å². The lowest BCUT2D eigenvalue weighted by Crippen LogP contribution is -2.35. The summed E-state index contributed by atoms with van der Waals surface area (Å²) in [6.45, 7) is 1.89. The van der Waals surface area contributed by atoms with E-state index >= 15 is 0 Å². The van der Waals surface area contributed by atoms with Crippen LogP contribution in [0, 0.1) is 0 Å². The van der Waals surface area contributed by atoms with Gasteiger partial charge in [-0.2, -0.15) is 0 Å². The molecule has 0 bridgehead atoms. The number of Topliss-reactive ketones (excluding diaryl/α,β-unsaturated/α-hetero) is 1. The maximum absolute atomic E-state index is 11.7. The molecule has 1 saturated heterocycles. The molecule has 0 aromatic rings. The Bertz CT molecular complexity index is 323. The minimum atomic E-state index is -0.219. The van der Waals surface area contributed by atoms with Crippen molar-refractivity contribution in [3.05, 3.63) is 0 Å². The lowest BCUT2D eigenvalue weighted by atomic mass is 10.3. The minimum Gasteiger partial charge on any atom is -0.312 e. The molecule has 0 unspecified atom stereocenters. The van der Waals surface area contributed by atoms with Gasteiger partial charge in [-0.1, -0.05) is 0 Å². The molecule has 15 heavy (non-hydrogen) atoms. The van der Waals surface area contributed by atoms with Crippen molar-refractivity contribution in [3.8, 4) is 0 Å². The van der Waals surface area contributed by atoms with Crippen molar-refractivity contribution in [2.24, 2.45) is 0 Å². The van der Waals surface area contributed by atoms with Crippen LogP contribution < -0.4 is 0 Å². The van der Waals surface area contributed by atoms with E-state index < -0.39 is 0 Å². The Hall–Kier alpha value is -1.39. The third-order valence-corrected chi connectivity index (χ3v) is 2.76. The number of nitrogens with zero attached hydrogens (tertiary/aromatic N) is 2. The molecule has 0 spiro atoms. The Kier molecular flexibility index (Phi) is 2.46. The molecule has 5 nitrogen and oxygen atoms in total. The van der Waals surface area contributed by atoms with Crippen molar-refractivity contribution in [3.63, 3.8) is 0 Å². The van der Waals surface area contributed by atoms with Crippen molar-refractivity contribution in [2.45, 2.75) is 32.2 Å². The molecule has 1 heterocycles. The number of amides is 3. The van der Waals surface area contributed by atoms with Gasteiger partial charge in [0.25, 0.3) is 0 Å².